The van der Waals surface area contributed by atoms with Gasteiger partial charge in [-0.25, -0.2) is 0 Å². The maximum absolute atomic E-state index is 9.45. The smallest absolute Gasteiger partial charge is 0.0625 e. The molecule has 1 fully saturated rings. The van der Waals surface area contributed by atoms with Gasteiger partial charge in [0.25, 0.3) is 0 Å². The monoisotopic (exact) mass is 214 g/mol. The summed E-state index contributed by atoms with van der Waals surface area (Å²) in [7, 11) is 1.96. The van der Waals surface area contributed by atoms with E-state index in [0.29, 0.717) is 0 Å². The third-order valence-corrected chi connectivity index (χ3v) is 3.51. The molecule has 0 amide bonds. The van der Waals surface area contributed by atoms with Crippen LogP contribution in [0, 0.1) is 5.92 Å². The molecule has 1 rings (SSSR count). The van der Waals surface area contributed by atoms with E-state index in [9.17, 15) is 5.11 Å². The van der Waals surface area contributed by atoms with Crippen molar-refractivity contribution in [2.24, 2.45) is 5.92 Å². The van der Waals surface area contributed by atoms with Crippen molar-refractivity contribution in [3.05, 3.63) is 0 Å². The SMILES string of the molecule is CNC1(CO)CCCN(CCC(C)C)C1. The maximum atomic E-state index is 9.45. The number of rotatable bonds is 5. The van der Waals surface area contributed by atoms with E-state index in [1.54, 1.807) is 0 Å². The molecular formula is C12H26N2O. The molecule has 1 unspecified atom stereocenters. The molecule has 0 aliphatic carbocycles. The summed E-state index contributed by atoms with van der Waals surface area (Å²) in [5.41, 5.74) is -0.0464. The van der Waals surface area contributed by atoms with Crippen LogP contribution in [0.3, 0.4) is 0 Å². The zero-order chi connectivity index (χ0) is 11.3. The van der Waals surface area contributed by atoms with Crippen LogP contribution >= 0.6 is 0 Å². The molecule has 1 aliphatic heterocycles. The highest BCUT2D eigenvalue weighted by Gasteiger charge is 2.32. The summed E-state index contributed by atoms with van der Waals surface area (Å²) in [5, 5.41) is 12.7. The van der Waals surface area contributed by atoms with Crippen LogP contribution < -0.4 is 5.32 Å². The molecule has 1 atom stereocenters. The molecule has 0 aromatic carbocycles. The molecule has 1 saturated heterocycles. The first kappa shape index (κ1) is 12.9. The Labute approximate surface area is 93.9 Å². The number of nitrogens with zero attached hydrogens (tertiary/aromatic N) is 1. The topological polar surface area (TPSA) is 35.5 Å². The minimum Gasteiger partial charge on any atom is -0.394 e. The molecular weight excluding hydrogens is 188 g/mol. The van der Waals surface area contributed by atoms with E-state index < -0.39 is 0 Å². The van der Waals surface area contributed by atoms with Gasteiger partial charge in [-0.1, -0.05) is 13.8 Å². The van der Waals surface area contributed by atoms with E-state index in [1.807, 2.05) is 7.05 Å². The predicted molar refractivity (Wildman–Crippen MR) is 64.0 cm³/mol. The predicted octanol–water partition coefficient (Wildman–Crippen LogP) is 1.08. The lowest BCUT2D eigenvalue weighted by Gasteiger charge is -2.42. The molecule has 0 aromatic rings. The van der Waals surface area contributed by atoms with Crippen LogP contribution in [0.1, 0.15) is 33.1 Å². The minimum atomic E-state index is -0.0464. The van der Waals surface area contributed by atoms with Crippen LogP contribution in [0.4, 0.5) is 0 Å². The molecule has 1 aliphatic rings. The molecule has 1 heterocycles. The highest BCUT2D eigenvalue weighted by molar-refractivity contribution is 4.93. The Bertz CT molecular complexity index is 178. The number of likely N-dealkylation sites (tertiary alicyclic amines) is 1. The van der Waals surface area contributed by atoms with Gasteiger partial charge in [0.15, 0.2) is 0 Å². The number of likely N-dealkylation sites (N-methyl/N-ethyl adjacent to an activating group) is 1. The van der Waals surface area contributed by atoms with Crippen LogP contribution in [-0.2, 0) is 0 Å². The summed E-state index contributed by atoms with van der Waals surface area (Å²) in [6, 6.07) is 0. The average molecular weight is 214 g/mol. The summed E-state index contributed by atoms with van der Waals surface area (Å²) in [6.45, 7) is 8.13. The summed E-state index contributed by atoms with van der Waals surface area (Å²) in [5.74, 6) is 0.769. The Morgan fingerprint density at radius 2 is 2.20 bits per heavy atom. The zero-order valence-electron chi connectivity index (χ0n) is 10.4. The van der Waals surface area contributed by atoms with Gasteiger partial charge in [-0.15, -0.1) is 0 Å². The van der Waals surface area contributed by atoms with Crippen molar-refractivity contribution in [1.29, 1.82) is 0 Å². The van der Waals surface area contributed by atoms with Crippen LogP contribution in [0.15, 0.2) is 0 Å². The van der Waals surface area contributed by atoms with Gasteiger partial charge in [0, 0.05) is 6.54 Å². The first-order chi connectivity index (χ1) is 7.12. The van der Waals surface area contributed by atoms with E-state index in [0.717, 1.165) is 18.9 Å². The Morgan fingerprint density at radius 1 is 1.47 bits per heavy atom. The lowest BCUT2D eigenvalue weighted by Crippen LogP contribution is -2.58. The second-order valence-corrected chi connectivity index (χ2v) is 5.25. The Balaban J connectivity index is 2.41. The molecule has 90 valence electrons. The largest absolute Gasteiger partial charge is 0.394 e. The van der Waals surface area contributed by atoms with E-state index in [4.69, 9.17) is 0 Å². The van der Waals surface area contributed by atoms with Crippen molar-refractivity contribution in [2.45, 2.75) is 38.6 Å². The minimum absolute atomic E-state index is 0.0464. The van der Waals surface area contributed by atoms with E-state index in [-0.39, 0.29) is 12.1 Å². The first-order valence-electron chi connectivity index (χ1n) is 6.14. The lowest BCUT2D eigenvalue weighted by molar-refractivity contribution is 0.0705. The highest BCUT2D eigenvalue weighted by atomic mass is 16.3. The number of hydrogen-bond donors (Lipinski definition) is 2. The fourth-order valence-corrected chi connectivity index (χ4v) is 2.27. The summed E-state index contributed by atoms with van der Waals surface area (Å²) < 4.78 is 0. The van der Waals surface area contributed by atoms with Crippen molar-refractivity contribution in [1.82, 2.24) is 10.2 Å². The number of piperidine rings is 1. The van der Waals surface area contributed by atoms with Gasteiger partial charge in [0.2, 0.25) is 0 Å². The van der Waals surface area contributed by atoms with Crippen molar-refractivity contribution in [3.8, 4) is 0 Å². The van der Waals surface area contributed by atoms with Gasteiger partial charge < -0.3 is 15.3 Å². The summed E-state index contributed by atoms with van der Waals surface area (Å²) in [4.78, 5) is 2.48. The third kappa shape index (κ3) is 3.74. The van der Waals surface area contributed by atoms with Gasteiger partial charge in [-0.05, 0) is 45.3 Å². The van der Waals surface area contributed by atoms with Gasteiger partial charge >= 0.3 is 0 Å². The fourth-order valence-electron chi connectivity index (χ4n) is 2.27. The van der Waals surface area contributed by atoms with Crippen molar-refractivity contribution >= 4 is 0 Å². The summed E-state index contributed by atoms with van der Waals surface area (Å²) in [6.07, 6.45) is 3.54. The van der Waals surface area contributed by atoms with Crippen molar-refractivity contribution in [2.75, 3.05) is 33.3 Å². The Kier molecular flexibility index (Phi) is 5.03. The van der Waals surface area contributed by atoms with Crippen LogP contribution in [0.2, 0.25) is 0 Å². The zero-order valence-corrected chi connectivity index (χ0v) is 10.4. The van der Waals surface area contributed by atoms with Crippen LogP contribution in [0.25, 0.3) is 0 Å². The fraction of sp³-hybridized carbons (Fsp3) is 1.00. The number of hydrogen-bond acceptors (Lipinski definition) is 3. The standard InChI is InChI=1S/C12H26N2O/c1-11(2)5-8-14-7-4-6-12(9-14,10-15)13-3/h11,13,15H,4-10H2,1-3H3. The third-order valence-electron chi connectivity index (χ3n) is 3.51. The molecule has 15 heavy (non-hydrogen) atoms. The Hall–Kier alpha value is -0.120. The molecule has 0 spiro atoms. The van der Waals surface area contributed by atoms with Gasteiger partial charge in [-0.2, -0.15) is 0 Å². The first-order valence-corrected chi connectivity index (χ1v) is 6.14. The average Bonchev–Trinajstić information content (AvgIpc) is 2.26. The van der Waals surface area contributed by atoms with Crippen molar-refractivity contribution < 1.29 is 5.11 Å². The molecule has 2 N–H and O–H groups in total. The molecule has 0 bridgehead atoms. The molecule has 0 saturated carbocycles. The van der Waals surface area contributed by atoms with E-state index >= 15 is 0 Å². The van der Waals surface area contributed by atoms with E-state index in [2.05, 4.69) is 24.1 Å². The van der Waals surface area contributed by atoms with Gasteiger partial charge in [0.05, 0.1) is 12.1 Å². The number of nitrogens with one attached hydrogen (secondary N) is 1. The molecule has 0 radical (unpaired) electrons. The van der Waals surface area contributed by atoms with E-state index in [1.165, 1.54) is 25.9 Å². The number of aliphatic hydroxyl groups excluding tert-OH is 1. The van der Waals surface area contributed by atoms with Crippen LogP contribution in [0.5, 0.6) is 0 Å². The molecule has 3 nitrogen and oxygen atoms in total. The van der Waals surface area contributed by atoms with Crippen molar-refractivity contribution in [3.63, 3.8) is 0 Å². The lowest BCUT2D eigenvalue weighted by atomic mass is 9.89. The maximum Gasteiger partial charge on any atom is 0.0625 e. The second-order valence-electron chi connectivity index (χ2n) is 5.25. The number of aliphatic hydroxyl groups is 1. The quantitative estimate of drug-likeness (QED) is 0.719. The normalized spacial score (nSPS) is 28.6. The van der Waals surface area contributed by atoms with Gasteiger partial charge in [-0.3, -0.25) is 0 Å². The summed E-state index contributed by atoms with van der Waals surface area (Å²) >= 11 is 0. The second kappa shape index (κ2) is 5.83. The molecule has 3 heteroatoms. The molecule has 0 aromatic heterocycles. The van der Waals surface area contributed by atoms with Crippen LogP contribution in [-0.4, -0.2) is 48.8 Å². The van der Waals surface area contributed by atoms with Gasteiger partial charge in [0.1, 0.15) is 0 Å². The Morgan fingerprint density at radius 3 is 2.73 bits per heavy atom. The highest BCUT2D eigenvalue weighted by Crippen LogP contribution is 2.21.